The molecule has 0 bridgehead atoms. The van der Waals surface area contributed by atoms with Crippen LogP contribution in [-0.2, 0) is 16.4 Å². The number of aryl methyl sites for hydroxylation is 2. The number of hydrogen-bond donors (Lipinski definition) is 0. The first-order chi connectivity index (χ1) is 9.91. The molecule has 1 aliphatic rings. The van der Waals surface area contributed by atoms with Gasteiger partial charge in [0, 0.05) is 23.4 Å². The van der Waals surface area contributed by atoms with Gasteiger partial charge in [0.15, 0.2) is 5.78 Å². The zero-order valence-electron chi connectivity index (χ0n) is 12.1. The Hall–Kier alpha value is -1.88. The summed E-state index contributed by atoms with van der Waals surface area (Å²) < 4.78 is 27.1. The summed E-state index contributed by atoms with van der Waals surface area (Å²) in [6, 6.07) is 8.48. The molecular weight excluding hydrogens is 286 g/mol. The van der Waals surface area contributed by atoms with E-state index >= 15 is 0 Å². The predicted octanol–water partition coefficient (Wildman–Crippen LogP) is 2.86. The first-order valence-corrected chi connectivity index (χ1v) is 8.42. The molecule has 5 heteroatoms. The molecule has 0 saturated heterocycles. The van der Waals surface area contributed by atoms with Crippen LogP contribution in [0.1, 0.15) is 40.2 Å². The predicted molar refractivity (Wildman–Crippen MR) is 80.2 cm³/mol. The van der Waals surface area contributed by atoms with E-state index in [-0.39, 0.29) is 10.7 Å². The fraction of sp³-hybridized carbons (Fsp3) is 0.312. The van der Waals surface area contributed by atoms with Crippen LogP contribution in [0, 0.1) is 13.8 Å². The quantitative estimate of drug-likeness (QED) is 0.857. The summed E-state index contributed by atoms with van der Waals surface area (Å²) in [4.78, 5) is 12.2. The van der Waals surface area contributed by atoms with E-state index in [2.05, 4.69) is 0 Å². The lowest BCUT2D eigenvalue weighted by atomic mass is 9.97. The zero-order valence-corrected chi connectivity index (χ0v) is 12.9. The molecular formula is C16H17NO3S. The van der Waals surface area contributed by atoms with Crippen molar-refractivity contribution >= 4 is 15.8 Å². The van der Waals surface area contributed by atoms with Gasteiger partial charge in [-0.05, 0) is 44.9 Å². The maximum Gasteiger partial charge on any atom is 0.268 e. The molecule has 110 valence electrons. The Bertz CT molecular complexity index is 814. The number of hydrogen-bond acceptors (Lipinski definition) is 3. The van der Waals surface area contributed by atoms with E-state index in [1.165, 1.54) is 3.97 Å². The van der Waals surface area contributed by atoms with Crippen molar-refractivity contribution in [2.24, 2.45) is 0 Å². The fourth-order valence-corrected chi connectivity index (χ4v) is 4.45. The van der Waals surface area contributed by atoms with Crippen LogP contribution in [0.15, 0.2) is 35.2 Å². The number of benzene rings is 1. The van der Waals surface area contributed by atoms with Crippen LogP contribution >= 0.6 is 0 Å². The molecule has 1 aromatic carbocycles. The highest BCUT2D eigenvalue weighted by Crippen LogP contribution is 2.28. The van der Waals surface area contributed by atoms with Gasteiger partial charge in [-0.2, -0.15) is 0 Å². The van der Waals surface area contributed by atoms with Crippen LogP contribution in [0.3, 0.4) is 0 Å². The number of ketones is 1. The van der Waals surface area contributed by atoms with Crippen molar-refractivity contribution in [3.05, 3.63) is 52.8 Å². The maximum atomic E-state index is 12.9. The van der Waals surface area contributed by atoms with Crippen molar-refractivity contribution in [3.8, 4) is 0 Å². The van der Waals surface area contributed by atoms with Crippen molar-refractivity contribution in [1.82, 2.24) is 3.97 Å². The van der Waals surface area contributed by atoms with Crippen LogP contribution in [0.25, 0.3) is 0 Å². The first kappa shape index (κ1) is 14.1. The Morgan fingerprint density at radius 2 is 1.71 bits per heavy atom. The summed E-state index contributed by atoms with van der Waals surface area (Å²) in [5.74, 6) is 0.0391. The second-order valence-corrected chi connectivity index (χ2v) is 7.29. The molecule has 0 fully saturated rings. The molecule has 0 N–H and O–H groups in total. The second kappa shape index (κ2) is 4.84. The lowest BCUT2D eigenvalue weighted by Gasteiger charge is -2.16. The Morgan fingerprint density at radius 3 is 2.38 bits per heavy atom. The second-order valence-electron chi connectivity index (χ2n) is 5.51. The highest BCUT2D eigenvalue weighted by molar-refractivity contribution is 7.90. The van der Waals surface area contributed by atoms with Gasteiger partial charge in [0.1, 0.15) is 0 Å². The lowest BCUT2D eigenvalue weighted by molar-refractivity contribution is 0.0972. The third kappa shape index (κ3) is 2.21. The van der Waals surface area contributed by atoms with E-state index in [0.717, 1.165) is 5.56 Å². The van der Waals surface area contributed by atoms with Gasteiger partial charge in [0.05, 0.1) is 4.90 Å². The number of rotatable bonds is 2. The molecule has 0 spiro atoms. The number of Topliss-reactive ketones (excluding diaryl/α,β-unsaturated/α-hetero) is 1. The minimum atomic E-state index is -3.64. The topological polar surface area (TPSA) is 56.1 Å². The summed E-state index contributed by atoms with van der Waals surface area (Å²) in [6.07, 6.45) is 1.83. The van der Waals surface area contributed by atoms with Crippen molar-refractivity contribution in [3.63, 3.8) is 0 Å². The van der Waals surface area contributed by atoms with Crippen LogP contribution < -0.4 is 0 Å². The minimum absolute atomic E-state index is 0.0391. The molecule has 1 heterocycles. The number of fused-ring (bicyclic) bond motifs is 1. The van der Waals surface area contributed by atoms with Crippen LogP contribution in [0.4, 0.5) is 0 Å². The molecule has 1 aliphatic carbocycles. The SMILES string of the molecule is Cc1ccc(S(=O)(=O)n2c(C)cc3c2CCCC3=O)cc1. The van der Waals surface area contributed by atoms with E-state index in [1.807, 2.05) is 6.92 Å². The molecule has 0 saturated carbocycles. The van der Waals surface area contributed by atoms with Gasteiger partial charge in [0.25, 0.3) is 10.0 Å². The van der Waals surface area contributed by atoms with E-state index in [9.17, 15) is 13.2 Å². The summed E-state index contributed by atoms with van der Waals surface area (Å²) in [5, 5.41) is 0. The molecule has 21 heavy (non-hydrogen) atoms. The fourth-order valence-electron chi connectivity index (χ4n) is 2.85. The van der Waals surface area contributed by atoms with E-state index in [4.69, 9.17) is 0 Å². The first-order valence-electron chi connectivity index (χ1n) is 6.98. The molecule has 2 aromatic rings. The highest BCUT2D eigenvalue weighted by Gasteiger charge is 2.29. The number of aromatic nitrogens is 1. The van der Waals surface area contributed by atoms with Gasteiger partial charge in [-0.3, -0.25) is 4.79 Å². The number of carbonyl (C=O) groups is 1. The van der Waals surface area contributed by atoms with Gasteiger partial charge in [-0.25, -0.2) is 12.4 Å². The number of nitrogens with zero attached hydrogens (tertiary/aromatic N) is 1. The Kier molecular flexibility index (Phi) is 3.24. The third-order valence-corrected chi connectivity index (χ3v) is 5.76. The van der Waals surface area contributed by atoms with Gasteiger partial charge in [0.2, 0.25) is 0 Å². The Morgan fingerprint density at radius 1 is 1.05 bits per heavy atom. The van der Waals surface area contributed by atoms with Crippen molar-refractivity contribution in [2.45, 2.75) is 38.0 Å². The van der Waals surface area contributed by atoms with Crippen molar-refractivity contribution < 1.29 is 13.2 Å². The van der Waals surface area contributed by atoms with E-state index in [0.29, 0.717) is 36.2 Å². The normalized spacial score (nSPS) is 15.0. The Balaban J connectivity index is 2.20. The molecule has 0 amide bonds. The molecule has 0 unspecified atom stereocenters. The summed E-state index contributed by atoms with van der Waals surface area (Å²) in [6.45, 7) is 3.65. The monoisotopic (exact) mass is 303 g/mol. The smallest absolute Gasteiger partial charge is 0.268 e. The zero-order chi connectivity index (χ0) is 15.2. The van der Waals surface area contributed by atoms with Gasteiger partial charge in [-0.1, -0.05) is 17.7 Å². The maximum absolute atomic E-state index is 12.9. The average Bonchev–Trinajstić information content (AvgIpc) is 2.77. The van der Waals surface area contributed by atoms with Gasteiger partial charge >= 0.3 is 0 Å². The molecule has 4 nitrogen and oxygen atoms in total. The highest BCUT2D eigenvalue weighted by atomic mass is 32.2. The van der Waals surface area contributed by atoms with E-state index < -0.39 is 10.0 Å². The molecule has 1 aromatic heterocycles. The summed E-state index contributed by atoms with van der Waals surface area (Å²) in [7, 11) is -3.64. The van der Waals surface area contributed by atoms with Crippen LogP contribution in [0.5, 0.6) is 0 Å². The standard InChI is InChI=1S/C16H17NO3S/c1-11-6-8-13(9-7-11)21(19,20)17-12(2)10-14-15(17)4-3-5-16(14)18/h6-10H,3-5H2,1-2H3. The molecule has 0 aliphatic heterocycles. The lowest BCUT2D eigenvalue weighted by Crippen LogP contribution is -2.20. The summed E-state index contributed by atoms with van der Waals surface area (Å²) >= 11 is 0. The van der Waals surface area contributed by atoms with Crippen LogP contribution in [0.2, 0.25) is 0 Å². The molecule has 0 atom stereocenters. The Labute approximate surface area is 124 Å². The van der Waals surface area contributed by atoms with Gasteiger partial charge in [-0.15, -0.1) is 0 Å². The van der Waals surface area contributed by atoms with E-state index in [1.54, 1.807) is 37.3 Å². The third-order valence-electron chi connectivity index (χ3n) is 3.91. The average molecular weight is 303 g/mol. The molecule has 0 radical (unpaired) electrons. The van der Waals surface area contributed by atoms with Gasteiger partial charge < -0.3 is 0 Å². The minimum Gasteiger partial charge on any atom is -0.294 e. The largest absolute Gasteiger partial charge is 0.294 e. The number of carbonyl (C=O) groups excluding carboxylic acids is 1. The van der Waals surface area contributed by atoms with Crippen molar-refractivity contribution in [2.75, 3.05) is 0 Å². The van der Waals surface area contributed by atoms with Crippen molar-refractivity contribution in [1.29, 1.82) is 0 Å². The summed E-state index contributed by atoms with van der Waals surface area (Å²) in [5.41, 5.74) is 2.80. The van der Waals surface area contributed by atoms with Crippen LogP contribution in [-0.4, -0.2) is 18.2 Å². The molecule has 3 rings (SSSR count).